The van der Waals surface area contributed by atoms with Crippen LogP contribution in [0.25, 0.3) is 0 Å². The maximum Gasteiger partial charge on any atom is 0.282 e. The summed E-state index contributed by atoms with van der Waals surface area (Å²) in [4.78, 5) is 26.3. The van der Waals surface area contributed by atoms with Gasteiger partial charge in [-0.05, 0) is 54.0 Å². The number of hydrogen-bond acceptors (Lipinski definition) is 6. The molecule has 0 saturated heterocycles. The average Bonchev–Trinajstić information content (AvgIpc) is 3.38. The van der Waals surface area contributed by atoms with E-state index in [2.05, 4.69) is 12.2 Å². The molecule has 7 atom stereocenters. The van der Waals surface area contributed by atoms with Gasteiger partial charge in [-0.15, -0.1) is 23.4 Å². The first-order valence-corrected chi connectivity index (χ1v) is 13.1. The number of rotatable bonds is 4. The standard InChI is InChI=1S/C25H22Cl2N2O4S/c26-13-8-15-14-5-3-4-12(14)11-28-23(15)16(9-13)21-17(24(28)25(30)31)10-20(22(21)27)34-19-7-2-1-6-18(19)29(32)33/h1-3,5-9,12,14,17,20-22,24H,4,10-11H2,(H,30,31)/p-1/t12-,14+,17-,20-,21+,22-,24+/m1/s1. The summed E-state index contributed by atoms with van der Waals surface area (Å²) < 4.78 is 0. The van der Waals surface area contributed by atoms with Crippen molar-refractivity contribution in [3.05, 3.63) is 74.8 Å². The summed E-state index contributed by atoms with van der Waals surface area (Å²) >= 11 is 15.0. The second-order valence-electron chi connectivity index (χ2n) is 9.55. The molecule has 0 bridgehead atoms. The Morgan fingerprint density at radius 1 is 1.21 bits per heavy atom. The van der Waals surface area contributed by atoms with Crippen LogP contribution in [0.2, 0.25) is 5.02 Å². The molecule has 9 heteroatoms. The lowest BCUT2D eigenvalue weighted by molar-refractivity contribution is -0.387. The summed E-state index contributed by atoms with van der Waals surface area (Å²) in [5.41, 5.74) is 3.03. The van der Waals surface area contributed by atoms with Crippen molar-refractivity contribution in [1.29, 1.82) is 0 Å². The quantitative estimate of drug-likeness (QED) is 0.253. The van der Waals surface area contributed by atoms with E-state index in [9.17, 15) is 20.0 Å². The number of nitro groups is 1. The van der Waals surface area contributed by atoms with E-state index in [4.69, 9.17) is 23.2 Å². The zero-order chi connectivity index (χ0) is 23.7. The molecule has 34 heavy (non-hydrogen) atoms. The van der Waals surface area contributed by atoms with Crippen molar-refractivity contribution < 1.29 is 14.8 Å². The van der Waals surface area contributed by atoms with Gasteiger partial charge in [0.1, 0.15) is 0 Å². The molecule has 0 amide bonds. The van der Waals surface area contributed by atoms with Crippen molar-refractivity contribution in [2.24, 2.45) is 11.8 Å². The van der Waals surface area contributed by atoms with Crippen LogP contribution in [0.3, 0.4) is 0 Å². The van der Waals surface area contributed by atoms with Crippen LogP contribution < -0.4 is 10.0 Å². The van der Waals surface area contributed by atoms with E-state index >= 15 is 0 Å². The molecule has 0 unspecified atom stereocenters. The summed E-state index contributed by atoms with van der Waals surface area (Å²) in [5.74, 6) is -1.06. The number of carbonyl (C=O) groups is 1. The van der Waals surface area contributed by atoms with Crippen molar-refractivity contribution in [2.75, 3.05) is 11.4 Å². The second kappa shape index (κ2) is 8.18. The third-order valence-corrected chi connectivity index (χ3v) is 10.2. The zero-order valence-corrected chi connectivity index (χ0v) is 20.3. The monoisotopic (exact) mass is 515 g/mol. The van der Waals surface area contributed by atoms with E-state index in [1.807, 2.05) is 17.0 Å². The Morgan fingerprint density at radius 3 is 2.74 bits per heavy atom. The van der Waals surface area contributed by atoms with Crippen LogP contribution in [-0.2, 0) is 4.79 Å². The van der Waals surface area contributed by atoms with Crippen molar-refractivity contribution >= 4 is 52.3 Å². The molecule has 2 aromatic rings. The van der Waals surface area contributed by atoms with Crippen LogP contribution in [0.1, 0.15) is 35.8 Å². The predicted octanol–water partition coefficient (Wildman–Crippen LogP) is 4.73. The lowest BCUT2D eigenvalue weighted by atomic mass is 9.72. The number of carboxylic acids is 1. The number of nitrogens with zero attached hydrogens (tertiary/aromatic N) is 2. The van der Waals surface area contributed by atoms with Crippen molar-refractivity contribution in [1.82, 2.24) is 0 Å². The average molecular weight is 516 g/mol. The molecule has 6 rings (SSSR count). The minimum atomic E-state index is -1.09. The fourth-order valence-corrected chi connectivity index (χ4v) is 8.76. The first kappa shape index (κ1) is 22.3. The molecule has 2 aliphatic heterocycles. The van der Waals surface area contributed by atoms with Crippen molar-refractivity contribution in [3.63, 3.8) is 0 Å². The summed E-state index contributed by atoms with van der Waals surface area (Å²) in [6.07, 6.45) is 5.80. The lowest BCUT2D eigenvalue weighted by Gasteiger charge is -2.51. The van der Waals surface area contributed by atoms with Crippen molar-refractivity contribution in [2.45, 2.75) is 46.2 Å². The maximum atomic E-state index is 12.6. The molecule has 0 spiro atoms. The normalized spacial score (nSPS) is 32.8. The zero-order valence-electron chi connectivity index (χ0n) is 18.0. The van der Waals surface area contributed by atoms with E-state index < -0.39 is 22.3 Å². The summed E-state index contributed by atoms with van der Waals surface area (Å²) in [6.45, 7) is 0.649. The number of nitro benzene ring substituents is 1. The van der Waals surface area contributed by atoms with Gasteiger partial charge in [-0.3, -0.25) is 10.1 Å². The molecule has 4 aliphatic rings. The first-order valence-electron chi connectivity index (χ1n) is 11.4. The van der Waals surface area contributed by atoms with Crippen LogP contribution in [0, 0.1) is 22.0 Å². The van der Waals surface area contributed by atoms with Gasteiger partial charge in [-0.2, -0.15) is 0 Å². The molecule has 176 valence electrons. The van der Waals surface area contributed by atoms with Gasteiger partial charge < -0.3 is 14.8 Å². The van der Waals surface area contributed by atoms with Crippen LogP contribution >= 0.6 is 35.0 Å². The highest BCUT2D eigenvalue weighted by Crippen LogP contribution is 2.60. The number of alkyl halides is 1. The number of allylic oxidation sites excluding steroid dienone is 2. The number of aliphatic carboxylic acids is 1. The van der Waals surface area contributed by atoms with Gasteiger partial charge >= 0.3 is 0 Å². The molecule has 0 radical (unpaired) electrons. The van der Waals surface area contributed by atoms with Gasteiger partial charge in [0, 0.05) is 40.4 Å². The highest BCUT2D eigenvalue weighted by molar-refractivity contribution is 8.00. The molecule has 0 aromatic heterocycles. The predicted molar refractivity (Wildman–Crippen MR) is 131 cm³/mol. The Kier molecular flexibility index (Phi) is 5.35. The number of fused-ring (bicyclic) bond motifs is 4. The summed E-state index contributed by atoms with van der Waals surface area (Å²) in [6, 6.07) is 9.71. The number of benzene rings is 2. The molecule has 2 heterocycles. The Labute approximate surface area is 211 Å². The Bertz CT molecular complexity index is 1240. The summed E-state index contributed by atoms with van der Waals surface area (Å²) in [7, 11) is 0. The molecule has 1 saturated carbocycles. The summed E-state index contributed by atoms with van der Waals surface area (Å²) in [5, 5.41) is 24.1. The first-order chi connectivity index (χ1) is 16.3. The maximum absolute atomic E-state index is 12.6. The SMILES string of the molecule is O=C([O-])[C@@H]1[C@@H]2C[C@@H](Sc3ccccc3[N+](=O)[O-])[C@@H](Cl)[C@H]2c2cc(Cl)cc3c2N1C[C@H]1CC=C[C@H]31. The van der Waals surface area contributed by atoms with E-state index in [0.717, 1.165) is 23.2 Å². The third-order valence-electron chi connectivity index (χ3n) is 7.85. The minimum absolute atomic E-state index is 0.0348. The number of anilines is 1. The topological polar surface area (TPSA) is 86.5 Å². The van der Waals surface area contributed by atoms with Crippen LogP contribution in [-0.4, -0.2) is 34.1 Å². The van der Waals surface area contributed by atoms with E-state index in [0.29, 0.717) is 28.8 Å². The number of para-hydroxylation sites is 1. The van der Waals surface area contributed by atoms with Gasteiger partial charge in [0.2, 0.25) is 0 Å². The molecular formula is C25H21Cl2N2O4S-. The Morgan fingerprint density at radius 2 is 1.97 bits per heavy atom. The largest absolute Gasteiger partial charge is 0.548 e. The third kappa shape index (κ3) is 3.28. The number of halogens is 2. The van der Waals surface area contributed by atoms with Gasteiger partial charge in [0.25, 0.3) is 5.69 Å². The second-order valence-corrected chi connectivity index (χ2v) is 11.8. The van der Waals surface area contributed by atoms with Gasteiger partial charge in [0.15, 0.2) is 0 Å². The number of carboxylic acid groups (broad SMARTS) is 1. The Balaban J connectivity index is 1.45. The number of carbonyl (C=O) groups excluding carboxylic acids is 1. The van der Waals surface area contributed by atoms with Crippen LogP contribution in [0.15, 0.2) is 53.4 Å². The van der Waals surface area contributed by atoms with Gasteiger partial charge in [-0.25, -0.2) is 0 Å². The molecule has 2 aromatic carbocycles. The van der Waals surface area contributed by atoms with E-state index in [1.54, 1.807) is 18.2 Å². The highest BCUT2D eigenvalue weighted by Gasteiger charge is 2.55. The van der Waals surface area contributed by atoms with Crippen molar-refractivity contribution in [3.8, 4) is 0 Å². The highest BCUT2D eigenvalue weighted by atomic mass is 35.5. The number of hydrogen-bond donors (Lipinski definition) is 0. The fraction of sp³-hybridized carbons (Fsp3) is 0.400. The molecular weight excluding hydrogens is 495 g/mol. The minimum Gasteiger partial charge on any atom is -0.548 e. The smallest absolute Gasteiger partial charge is 0.282 e. The van der Waals surface area contributed by atoms with E-state index in [1.165, 1.54) is 17.8 Å². The molecule has 1 fully saturated rings. The van der Waals surface area contributed by atoms with Crippen LogP contribution in [0.5, 0.6) is 0 Å². The van der Waals surface area contributed by atoms with Gasteiger partial charge in [0.05, 0.1) is 27.2 Å². The van der Waals surface area contributed by atoms with Gasteiger partial charge in [-0.1, -0.05) is 35.9 Å². The lowest BCUT2D eigenvalue weighted by Crippen LogP contribution is -2.58. The number of thioether (sulfide) groups is 1. The van der Waals surface area contributed by atoms with E-state index in [-0.39, 0.29) is 28.7 Å². The molecule has 2 aliphatic carbocycles. The molecule has 0 N–H and O–H groups in total. The Hall–Kier alpha value is -2.22. The molecule has 6 nitrogen and oxygen atoms in total. The van der Waals surface area contributed by atoms with Crippen LogP contribution in [0.4, 0.5) is 11.4 Å². The fourth-order valence-electron chi connectivity index (χ4n) is 6.58.